The molecule has 2 aromatic carbocycles. The van der Waals surface area contributed by atoms with Crippen molar-refractivity contribution in [3.05, 3.63) is 64.1 Å². The van der Waals surface area contributed by atoms with E-state index in [0.717, 1.165) is 10.9 Å². The second-order valence-electron chi connectivity index (χ2n) is 5.62. The van der Waals surface area contributed by atoms with Gasteiger partial charge in [-0.1, -0.05) is 60.1 Å². The Labute approximate surface area is 130 Å². The van der Waals surface area contributed by atoms with Crippen LogP contribution in [0.25, 0.3) is 0 Å². The van der Waals surface area contributed by atoms with E-state index < -0.39 is 0 Å². The van der Waals surface area contributed by atoms with E-state index in [2.05, 4.69) is 90.5 Å². The van der Waals surface area contributed by atoms with E-state index in [1.165, 1.54) is 16.8 Å². The van der Waals surface area contributed by atoms with Gasteiger partial charge >= 0.3 is 0 Å². The van der Waals surface area contributed by atoms with Crippen LogP contribution in [0.4, 0.5) is 5.69 Å². The highest BCUT2D eigenvalue weighted by molar-refractivity contribution is 9.10. The summed E-state index contributed by atoms with van der Waals surface area (Å²) in [5.41, 5.74) is 4.00. The molecule has 0 aliphatic carbocycles. The van der Waals surface area contributed by atoms with Gasteiger partial charge in [-0.25, -0.2) is 0 Å². The lowest BCUT2D eigenvalue weighted by Crippen LogP contribution is -2.19. The van der Waals surface area contributed by atoms with Crippen LogP contribution in [0, 0.1) is 0 Å². The highest BCUT2D eigenvalue weighted by Gasteiger charge is 2.09. The smallest absolute Gasteiger partial charge is 0.0377 e. The van der Waals surface area contributed by atoms with Crippen molar-refractivity contribution in [2.75, 3.05) is 5.32 Å². The molecule has 0 radical (unpaired) electrons. The van der Waals surface area contributed by atoms with E-state index in [-0.39, 0.29) is 0 Å². The third kappa shape index (κ3) is 4.11. The Kier molecular flexibility index (Phi) is 5.24. The van der Waals surface area contributed by atoms with Gasteiger partial charge < -0.3 is 5.32 Å². The van der Waals surface area contributed by atoms with Crippen LogP contribution in [0.1, 0.15) is 37.8 Å². The predicted octanol–water partition coefficient (Wildman–Crippen LogP) is 5.62. The van der Waals surface area contributed by atoms with Crippen molar-refractivity contribution < 1.29 is 0 Å². The number of rotatable bonds is 5. The summed E-state index contributed by atoms with van der Waals surface area (Å²) in [7, 11) is 0. The molecule has 1 atom stereocenters. The molecule has 2 aromatic rings. The van der Waals surface area contributed by atoms with Crippen molar-refractivity contribution in [1.29, 1.82) is 0 Å². The van der Waals surface area contributed by atoms with Crippen molar-refractivity contribution in [1.82, 2.24) is 0 Å². The molecule has 0 bridgehead atoms. The zero-order valence-corrected chi connectivity index (χ0v) is 13.9. The van der Waals surface area contributed by atoms with Crippen molar-refractivity contribution in [3.8, 4) is 0 Å². The summed E-state index contributed by atoms with van der Waals surface area (Å²) in [6, 6.07) is 17.6. The minimum Gasteiger partial charge on any atom is -0.382 e. The molecule has 20 heavy (non-hydrogen) atoms. The average molecular weight is 332 g/mol. The third-order valence-corrected chi connectivity index (χ3v) is 3.97. The molecule has 0 aromatic heterocycles. The van der Waals surface area contributed by atoms with Crippen molar-refractivity contribution >= 4 is 21.6 Å². The number of nitrogens with one attached hydrogen (secondary N) is 1. The van der Waals surface area contributed by atoms with Crippen LogP contribution < -0.4 is 5.32 Å². The maximum absolute atomic E-state index is 3.64. The van der Waals surface area contributed by atoms with Gasteiger partial charge in [-0.05, 0) is 48.6 Å². The SMILES string of the molecule is CC(Cc1ccc(Br)cc1)Nc1ccccc1C(C)C. The first-order chi connectivity index (χ1) is 9.56. The summed E-state index contributed by atoms with van der Waals surface area (Å²) in [6.07, 6.45) is 1.03. The normalized spacial score (nSPS) is 12.4. The monoisotopic (exact) mass is 331 g/mol. The number of halogens is 1. The van der Waals surface area contributed by atoms with Gasteiger partial charge in [0.1, 0.15) is 0 Å². The van der Waals surface area contributed by atoms with Gasteiger partial charge in [-0.3, -0.25) is 0 Å². The molecule has 0 saturated heterocycles. The van der Waals surface area contributed by atoms with E-state index in [9.17, 15) is 0 Å². The van der Waals surface area contributed by atoms with Gasteiger partial charge in [0.2, 0.25) is 0 Å². The number of benzene rings is 2. The molecule has 1 N–H and O–H groups in total. The maximum atomic E-state index is 3.64. The maximum Gasteiger partial charge on any atom is 0.0377 e. The van der Waals surface area contributed by atoms with Crippen molar-refractivity contribution in [2.45, 2.75) is 39.2 Å². The lowest BCUT2D eigenvalue weighted by molar-refractivity contribution is 0.781. The van der Waals surface area contributed by atoms with E-state index in [1.54, 1.807) is 0 Å². The Morgan fingerprint density at radius 3 is 2.25 bits per heavy atom. The minimum absolute atomic E-state index is 0.413. The molecule has 0 spiro atoms. The number of para-hydroxylation sites is 1. The topological polar surface area (TPSA) is 12.0 Å². The van der Waals surface area contributed by atoms with Crippen LogP contribution in [0.2, 0.25) is 0 Å². The number of hydrogen-bond donors (Lipinski definition) is 1. The second-order valence-corrected chi connectivity index (χ2v) is 6.53. The standard InChI is InChI=1S/C18H22BrN/c1-13(2)17-6-4-5-7-18(17)20-14(3)12-15-8-10-16(19)11-9-15/h4-11,13-14,20H,12H2,1-3H3. The van der Waals surface area contributed by atoms with Crippen LogP contribution in [-0.4, -0.2) is 6.04 Å². The van der Waals surface area contributed by atoms with E-state index in [4.69, 9.17) is 0 Å². The third-order valence-electron chi connectivity index (χ3n) is 3.44. The summed E-state index contributed by atoms with van der Waals surface area (Å²) >= 11 is 3.48. The number of anilines is 1. The molecule has 2 rings (SSSR count). The van der Waals surface area contributed by atoms with Gasteiger partial charge in [0.15, 0.2) is 0 Å². The lowest BCUT2D eigenvalue weighted by Gasteiger charge is -2.20. The fourth-order valence-electron chi connectivity index (χ4n) is 2.42. The van der Waals surface area contributed by atoms with Gasteiger partial charge in [-0.15, -0.1) is 0 Å². The van der Waals surface area contributed by atoms with Crippen LogP contribution in [-0.2, 0) is 6.42 Å². The summed E-state index contributed by atoms with van der Waals surface area (Å²) < 4.78 is 1.13. The van der Waals surface area contributed by atoms with Gasteiger partial charge in [0.05, 0.1) is 0 Å². The van der Waals surface area contributed by atoms with Crippen LogP contribution >= 0.6 is 15.9 Å². The number of hydrogen-bond acceptors (Lipinski definition) is 1. The molecule has 0 saturated carbocycles. The molecule has 0 amide bonds. The Balaban J connectivity index is 2.04. The molecular formula is C18H22BrN. The lowest BCUT2D eigenvalue weighted by atomic mass is 10.00. The van der Waals surface area contributed by atoms with Gasteiger partial charge in [0, 0.05) is 16.2 Å². The van der Waals surface area contributed by atoms with Gasteiger partial charge in [-0.2, -0.15) is 0 Å². The molecule has 106 valence electrons. The molecule has 2 heteroatoms. The molecule has 0 fully saturated rings. The molecule has 0 aliphatic rings. The summed E-state index contributed by atoms with van der Waals surface area (Å²) in [6.45, 7) is 6.71. The van der Waals surface area contributed by atoms with Gasteiger partial charge in [0.25, 0.3) is 0 Å². The zero-order chi connectivity index (χ0) is 14.5. The van der Waals surface area contributed by atoms with Crippen LogP contribution in [0.5, 0.6) is 0 Å². The van der Waals surface area contributed by atoms with Crippen LogP contribution in [0.15, 0.2) is 53.0 Å². The largest absolute Gasteiger partial charge is 0.382 e. The summed E-state index contributed by atoms with van der Waals surface area (Å²) in [5.74, 6) is 0.540. The van der Waals surface area contributed by atoms with Crippen molar-refractivity contribution in [3.63, 3.8) is 0 Å². The molecule has 0 aliphatic heterocycles. The van der Waals surface area contributed by atoms with E-state index in [0.29, 0.717) is 12.0 Å². The molecule has 0 heterocycles. The second kappa shape index (κ2) is 6.94. The highest BCUT2D eigenvalue weighted by atomic mass is 79.9. The first-order valence-corrected chi connectivity index (χ1v) is 7.95. The molecular weight excluding hydrogens is 310 g/mol. The average Bonchev–Trinajstić information content (AvgIpc) is 2.41. The quantitative estimate of drug-likeness (QED) is 0.750. The fraction of sp³-hybridized carbons (Fsp3) is 0.333. The highest BCUT2D eigenvalue weighted by Crippen LogP contribution is 2.24. The molecule has 1 nitrogen and oxygen atoms in total. The zero-order valence-electron chi connectivity index (χ0n) is 12.4. The first kappa shape index (κ1) is 15.1. The van der Waals surface area contributed by atoms with E-state index >= 15 is 0 Å². The Bertz CT molecular complexity index is 546. The Morgan fingerprint density at radius 2 is 1.60 bits per heavy atom. The Hall–Kier alpha value is -1.28. The van der Waals surface area contributed by atoms with Crippen molar-refractivity contribution in [2.24, 2.45) is 0 Å². The fourth-order valence-corrected chi connectivity index (χ4v) is 2.69. The van der Waals surface area contributed by atoms with E-state index in [1.807, 2.05) is 0 Å². The summed E-state index contributed by atoms with van der Waals surface area (Å²) in [5, 5.41) is 3.64. The first-order valence-electron chi connectivity index (χ1n) is 7.16. The Morgan fingerprint density at radius 1 is 0.950 bits per heavy atom. The minimum atomic E-state index is 0.413. The summed E-state index contributed by atoms with van der Waals surface area (Å²) in [4.78, 5) is 0. The predicted molar refractivity (Wildman–Crippen MR) is 91.5 cm³/mol. The van der Waals surface area contributed by atoms with Crippen LogP contribution in [0.3, 0.4) is 0 Å². The molecule has 1 unspecified atom stereocenters.